The quantitative estimate of drug-likeness (QED) is 0.451. The molecular formula is C22H20ClN3OS. The van der Waals surface area contributed by atoms with E-state index in [0.717, 1.165) is 42.3 Å². The summed E-state index contributed by atoms with van der Waals surface area (Å²) >= 11 is 8.27. The van der Waals surface area contributed by atoms with Gasteiger partial charge < -0.3 is 9.30 Å². The molecule has 0 unspecified atom stereocenters. The van der Waals surface area contributed by atoms with Gasteiger partial charge in [0.25, 0.3) is 0 Å². The van der Waals surface area contributed by atoms with Crippen molar-refractivity contribution in [3.05, 3.63) is 75.3 Å². The first-order valence-corrected chi connectivity index (χ1v) is 10.6. The first kappa shape index (κ1) is 17.7. The summed E-state index contributed by atoms with van der Waals surface area (Å²) in [7, 11) is 0. The van der Waals surface area contributed by atoms with E-state index in [9.17, 15) is 0 Å². The summed E-state index contributed by atoms with van der Waals surface area (Å²) in [6, 6.07) is 12.8. The number of rotatable bonds is 3. The molecule has 1 aliphatic heterocycles. The van der Waals surface area contributed by atoms with Crippen molar-refractivity contribution in [3.63, 3.8) is 0 Å². The largest absolute Gasteiger partial charge is 0.490 e. The highest BCUT2D eigenvalue weighted by Gasteiger charge is 2.20. The van der Waals surface area contributed by atoms with Gasteiger partial charge in [0.2, 0.25) is 0 Å². The summed E-state index contributed by atoms with van der Waals surface area (Å²) < 4.78 is 8.19. The highest BCUT2D eigenvalue weighted by molar-refractivity contribution is 7.07. The minimum atomic E-state index is 0.627. The summed E-state index contributed by atoms with van der Waals surface area (Å²) in [6.07, 6.45) is 2.10. The van der Waals surface area contributed by atoms with Gasteiger partial charge in [0, 0.05) is 47.8 Å². The lowest BCUT2D eigenvalue weighted by atomic mass is 10.1. The zero-order valence-electron chi connectivity index (χ0n) is 15.6. The number of nitrogens with zero attached hydrogens (tertiary/aromatic N) is 3. The van der Waals surface area contributed by atoms with E-state index in [0.29, 0.717) is 11.6 Å². The fourth-order valence-electron chi connectivity index (χ4n) is 3.82. The van der Waals surface area contributed by atoms with Gasteiger partial charge in [-0.25, -0.2) is 4.98 Å². The standard InChI is InChI=1S/C22H20ClN3OS/c1-15-2-3-21-16(8-15)4-5-26(21)19-9-17-11-25(12-18-13-28-14-24-18)6-7-27-22(17)20(23)10-19/h2-5,8-10,13-14H,6-7,11-12H2,1H3. The Balaban J connectivity index is 1.53. The van der Waals surface area contributed by atoms with Gasteiger partial charge >= 0.3 is 0 Å². The van der Waals surface area contributed by atoms with Crippen LogP contribution in [0, 0.1) is 6.92 Å². The Morgan fingerprint density at radius 1 is 1.21 bits per heavy atom. The molecule has 0 N–H and O–H groups in total. The van der Waals surface area contributed by atoms with E-state index in [1.807, 2.05) is 11.6 Å². The minimum Gasteiger partial charge on any atom is -0.490 e. The predicted octanol–water partition coefficient (Wildman–Crippen LogP) is 5.44. The van der Waals surface area contributed by atoms with Crippen LogP contribution < -0.4 is 4.74 Å². The summed E-state index contributed by atoms with van der Waals surface area (Å²) in [6.45, 7) is 5.20. The van der Waals surface area contributed by atoms with Gasteiger partial charge in [-0.3, -0.25) is 4.90 Å². The lowest BCUT2D eigenvalue weighted by Gasteiger charge is -2.18. The van der Waals surface area contributed by atoms with Crippen LogP contribution in [0.15, 0.2) is 53.5 Å². The molecule has 0 radical (unpaired) electrons. The summed E-state index contributed by atoms with van der Waals surface area (Å²) in [4.78, 5) is 6.78. The van der Waals surface area contributed by atoms with Crippen molar-refractivity contribution in [1.82, 2.24) is 14.5 Å². The lowest BCUT2D eigenvalue weighted by Crippen LogP contribution is -2.25. The lowest BCUT2D eigenvalue weighted by molar-refractivity contribution is 0.218. The number of benzene rings is 2. The third-order valence-corrected chi connectivity index (χ3v) is 6.06. The molecule has 3 heterocycles. The average Bonchev–Trinajstić information content (AvgIpc) is 3.27. The Kier molecular flexibility index (Phi) is 4.59. The highest BCUT2D eigenvalue weighted by Crippen LogP contribution is 2.35. The third-order valence-electron chi connectivity index (χ3n) is 5.15. The Morgan fingerprint density at radius 3 is 3.00 bits per heavy atom. The maximum atomic E-state index is 6.64. The van der Waals surface area contributed by atoms with Crippen LogP contribution in [0.1, 0.15) is 16.8 Å². The topological polar surface area (TPSA) is 30.3 Å². The van der Waals surface area contributed by atoms with E-state index in [1.54, 1.807) is 11.3 Å². The molecule has 4 aromatic rings. The molecule has 0 saturated heterocycles. The summed E-state index contributed by atoms with van der Waals surface area (Å²) in [5.74, 6) is 0.804. The maximum Gasteiger partial charge on any atom is 0.142 e. The Bertz CT molecular complexity index is 1140. The maximum absolute atomic E-state index is 6.64. The normalized spacial score (nSPS) is 14.6. The van der Waals surface area contributed by atoms with Gasteiger partial charge in [0.15, 0.2) is 0 Å². The molecule has 0 saturated carbocycles. The molecular weight excluding hydrogens is 390 g/mol. The number of halogens is 1. The number of fused-ring (bicyclic) bond motifs is 2. The number of hydrogen-bond acceptors (Lipinski definition) is 4. The molecule has 6 heteroatoms. The minimum absolute atomic E-state index is 0.627. The molecule has 2 aromatic carbocycles. The van der Waals surface area contributed by atoms with E-state index >= 15 is 0 Å². The van der Waals surface area contributed by atoms with Crippen LogP contribution >= 0.6 is 22.9 Å². The molecule has 2 aromatic heterocycles. The summed E-state index contributed by atoms with van der Waals surface area (Å²) in [5, 5.41) is 3.99. The van der Waals surface area contributed by atoms with Crippen molar-refractivity contribution >= 4 is 33.8 Å². The van der Waals surface area contributed by atoms with Gasteiger partial charge in [-0.15, -0.1) is 11.3 Å². The van der Waals surface area contributed by atoms with Gasteiger partial charge in [0.05, 0.1) is 21.7 Å². The molecule has 4 nitrogen and oxygen atoms in total. The SMILES string of the molecule is Cc1ccc2c(ccn2-c2cc(Cl)c3c(c2)CN(Cc2cscn2)CCO3)c1. The smallest absolute Gasteiger partial charge is 0.142 e. The molecule has 142 valence electrons. The monoisotopic (exact) mass is 409 g/mol. The fourth-order valence-corrected chi connectivity index (χ4v) is 4.65. The zero-order chi connectivity index (χ0) is 19.1. The Labute approximate surface area is 173 Å². The van der Waals surface area contributed by atoms with E-state index in [-0.39, 0.29) is 0 Å². The van der Waals surface area contributed by atoms with Crippen LogP contribution in [-0.2, 0) is 13.1 Å². The van der Waals surface area contributed by atoms with E-state index in [4.69, 9.17) is 16.3 Å². The number of aromatic nitrogens is 2. The molecule has 0 bridgehead atoms. The molecule has 0 amide bonds. The van der Waals surface area contributed by atoms with Crippen molar-refractivity contribution in [1.29, 1.82) is 0 Å². The molecule has 28 heavy (non-hydrogen) atoms. The number of ether oxygens (including phenoxy) is 1. The van der Waals surface area contributed by atoms with Crippen molar-refractivity contribution in [2.75, 3.05) is 13.2 Å². The first-order chi connectivity index (χ1) is 13.7. The van der Waals surface area contributed by atoms with Crippen molar-refractivity contribution in [2.24, 2.45) is 0 Å². The predicted molar refractivity (Wildman–Crippen MR) is 115 cm³/mol. The number of hydrogen-bond donors (Lipinski definition) is 0. The highest BCUT2D eigenvalue weighted by atomic mass is 35.5. The first-order valence-electron chi connectivity index (χ1n) is 9.30. The van der Waals surface area contributed by atoms with E-state index < -0.39 is 0 Å². The van der Waals surface area contributed by atoms with Crippen LogP contribution in [0.4, 0.5) is 0 Å². The molecule has 5 rings (SSSR count). The molecule has 0 spiro atoms. The van der Waals surface area contributed by atoms with Crippen LogP contribution in [0.3, 0.4) is 0 Å². The number of aryl methyl sites for hydroxylation is 1. The van der Waals surface area contributed by atoms with Crippen LogP contribution in [0.25, 0.3) is 16.6 Å². The molecule has 1 aliphatic rings. The van der Waals surface area contributed by atoms with Crippen LogP contribution in [-0.4, -0.2) is 27.6 Å². The third kappa shape index (κ3) is 3.30. The second kappa shape index (κ2) is 7.24. The van der Waals surface area contributed by atoms with E-state index in [1.165, 1.54) is 16.5 Å². The fraction of sp³-hybridized carbons (Fsp3) is 0.227. The van der Waals surface area contributed by atoms with Crippen LogP contribution in [0.2, 0.25) is 5.02 Å². The second-order valence-electron chi connectivity index (χ2n) is 7.20. The molecule has 0 fully saturated rings. The Morgan fingerprint density at radius 2 is 2.14 bits per heavy atom. The van der Waals surface area contributed by atoms with Crippen molar-refractivity contribution in [3.8, 4) is 11.4 Å². The number of thiazole rings is 1. The Hall–Kier alpha value is -2.34. The average molecular weight is 410 g/mol. The second-order valence-corrected chi connectivity index (χ2v) is 8.33. The molecule has 0 aliphatic carbocycles. The van der Waals surface area contributed by atoms with Crippen molar-refractivity contribution < 1.29 is 4.74 Å². The van der Waals surface area contributed by atoms with Gasteiger partial charge in [0.1, 0.15) is 12.4 Å². The van der Waals surface area contributed by atoms with E-state index in [2.05, 4.69) is 63.3 Å². The van der Waals surface area contributed by atoms with Gasteiger partial charge in [-0.05, 0) is 37.3 Å². The van der Waals surface area contributed by atoms with Crippen molar-refractivity contribution in [2.45, 2.75) is 20.0 Å². The van der Waals surface area contributed by atoms with Gasteiger partial charge in [-0.2, -0.15) is 0 Å². The molecule has 0 atom stereocenters. The summed E-state index contributed by atoms with van der Waals surface area (Å²) in [5.41, 5.74) is 7.59. The zero-order valence-corrected chi connectivity index (χ0v) is 17.1. The van der Waals surface area contributed by atoms with Crippen LogP contribution in [0.5, 0.6) is 5.75 Å². The van der Waals surface area contributed by atoms with Gasteiger partial charge in [-0.1, -0.05) is 23.2 Å².